The molecule has 0 aliphatic heterocycles. The summed E-state index contributed by atoms with van der Waals surface area (Å²) >= 11 is 0. The fourth-order valence-corrected chi connectivity index (χ4v) is 2.16. The fraction of sp³-hybridized carbons (Fsp3) is 0.333. The number of esters is 2. The van der Waals surface area contributed by atoms with Crippen molar-refractivity contribution in [2.75, 3.05) is 14.2 Å². The fourth-order valence-electron chi connectivity index (χ4n) is 1.56. The molecule has 110 valence electrons. The van der Waals surface area contributed by atoms with Crippen molar-refractivity contribution in [2.45, 2.75) is 17.7 Å². The van der Waals surface area contributed by atoms with Crippen LogP contribution in [-0.2, 0) is 42.0 Å². The Balaban J connectivity index is 3.21. The first-order valence-corrected chi connectivity index (χ1v) is 6.94. The van der Waals surface area contributed by atoms with Crippen molar-refractivity contribution in [3.63, 3.8) is 0 Å². The molecule has 1 aromatic rings. The molecule has 0 bridgehead atoms. The number of hydrogen-bond acceptors (Lipinski definition) is 6. The van der Waals surface area contributed by atoms with Gasteiger partial charge in [-0.15, -0.1) is 0 Å². The molecular weight excluding hydrogens is 288 g/mol. The summed E-state index contributed by atoms with van der Waals surface area (Å²) in [6, 6.07) is 3.77. The molecule has 0 radical (unpaired) electrons. The van der Waals surface area contributed by atoms with Crippen LogP contribution in [0.15, 0.2) is 23.1 Å². The summed E-state index contributed by atoms with van der Waals surface area (Å²) in [4.78, 5) is 22.0. The van der Waals surface area contributed by atoms with E-state index >= 15 is 0 Å². The highest BCUT2D eigenvalue weighted by molar-refractivity contribution is 7.85. The molecule has 0 spiro atoms. The minimum atomic E-state index is -4.44. The number of rotatable bonds is 5. The number of benzene rings is 1. The monoisotopic (exact) mass is 302 g/mol. The topological polar surface area (TPSA) is 107 Å². The highest BCUT2D eigenvalue weighted by atomic mass is 32.2. The molecule has 1 rings (SSSR count). The van der Waals surface area contributed by atoms with E-state index in [4.69, 9.17) is 4.55 Å². The zero-order valence-corrected chi connectivity index (χ0v) is 11.8. The Labute approximate surface area is 116 Å². The van der Waals surface area contributed by atoms with Crippen LogP contribution in [0.1, 0.15) is 11.1 Å². The van der Waals surface area contributed by atoms with Crippen LogP contribution in [0.2, 0.25) is 0 Å². The normalized spacial score (nSPS) is 10.9. The number of ether oxygens (including phenoxy) is 2. The smallest absolute Gasteiger partial charge is 0.309 e. The van der Waals surface area contributed by atoms with Gasteiger partial charge in [0.15, 0.2) is 0 Å². The molecule has 0 amide bonds. The second kappa shape index (κ2) is 6.49. The lowest BCUT2D eigenvalue weighted by molar-refractivity contribution is -0.140. The van der Waals surface area contributed by atoms with Crippen LogP contribution >= 0.6 is 0 Å². The van der Waals surface area contributed by atoms with E-state index in [9.17, 15) is 18.0 Å². The molecule has 0 atom stereocenters. The van der Waals surface area contributed by atoms with Crippen molar-refractivity contribution < 1.29 is 32.0 Å². The summed E-state index contributed by atoms with van der Waals surface area (Å²) in [6.07, 6.45) is -0.345. The maximum absolute atomic E-state index is 11.2. The van der Waals surface area contributed by atoms with Crippen molar-refractivity contribution >= 4 is 22.1 Å². The number of carbonyl (C=O) groups excluding carboxylic acids is 2. The molecule has 0 saturated carbocycles. The first kappa shape index (κ1) is 16.1. The van der Waals surface area contributed by atoms with Gasteiger partial charge in [-0.05, 0) is 23.3 Å². The Hall–Kier alpha value is -1.93. The first-order valence-electron chi connectivity index (χ1n) is 5.50. The summed E-state index contributed by atoms with van der Waals surface area (Å²) < 4.78 is 40.4. The average Bonchev–Trinajstić information content (AvgIpc) is 2.37. The van der Waals surface area contributed by atoms with E-state index in [1.807, 2.05) is 0 Å². The van der Waals surface area contributed by atoms with Gasteiger partial charge in [-0.25, -0.2) is 0 Å². The van der Waals surface area contributed by atoms with Gasteiger partial charge in [0.1, 0.15) is 0 Å². The second-order valence-electron chi connectivity index (χ2n) is 3.97. The lowest BCUT2D eigenvalue weighted by atomic mass is 10.1. The van der Waals surface area contributed by atoms with E-state index in [0.717, 1.165) is 12.1 Å². The zero-order chi connectivity index (χ0) is 15.3. The number of methoxy groups -OCH3 is 2. The zero-order valence-electron chi connectivity index (χ0n) is 11.0. The minimum Gasteiger partial charge on any atom is -0.469 e. The van der Waals surface area contributed by atoms with Crippen molar-refractivity contribution in [2.24, 2.45) is 0 Å². The van der Waals surface area contributed by atoms with Crippen molar-refractivity contribution in [3.05, 3.63) is 29.3 Å². The van der Waals surface area contributed by atoms with Gasteiger partial charge >= 0.3 is 11.9 Å². The Kier molecular flexibility index (Phi) is 5.23. The standard InChI is InChI=1S/C12H14O7S/c1-18-11(13)6-8-3-9(7-12(14)19-2)5-10(4-8)20(15,16)17/h3-5H,6-7H2,1-2H3,(H,15,16,17). The van der Waals surface area contributed by atoms with Gasteiger partial charge in [-0.2, -0.15) is 8.42 Å². The van der Waals surface area contributed by atoms with Gasteiger partial charge in [-0.3, -0.25) is 14.1 Å². The summed E-state index contributed by atoms with van der Waals surface area (Å²) in [5.41, 5.74) is 0.622. The van der Waals surface area contributed by atoms with E-state index in [-0.39, 0.29) is 12.8 Å². The molecule has 0 saturated heterocycles. The van der Waals surface area contributed by atoms with Gasteiger partial charge in [0.25, 0.3) is 10.1 Å². The second-order valence-corrected chi connectivity index (χ2v) is 5.39. The lowest BCUT2D eigenvalue weighted by Crippen LogP contribution is -2.09. The maximum atomic E-state index is 11.2. The Morgan fingerprint density at radius 2 is 1.40 bits per heavy atom. The Bertz CT molecular complexity index is 582. The van der Waals surface area contributed by atoms with Gasteiger partial charge in [0.2, 0.25) is 0 Å². The predicted octanol–water partition coefficient (Wildman–Crippen LogP) is 0.364. The van der Waals surface area contributed by atoms with Gasteiger partial charge in [0, 0.05) is 0 Å². The van der Waals surface area contributed by atoms with Crippen LogP contribution in [0.25, 0.3) is 0 Å². The molecule has 7 nitrogen and oxygen atoms in total. The molecule has 0 fully saturated rings. The van der Waals surface area contributed by atoms with Crippen LogP contribution in [-0.4, -0.2) is 39.1 Å². The number of hydrogen-bond donors (Lipinski definition) is 1. The third-order valence-electron chi connectivity index (χ3n) is 2.48. The van der Waals surface area contributed by atoms with Crippen molar-refractivity contribution in [1.29, 1.82) is 0 Å². The van der Waals surface area contributed by atoms with Gasteiger partial charge in [0.05, 0.1) is 32.0 Å². The van der Waals surface area contributed by atoms with E-state index in [1.54, 1.807) is 0 Å². The van der Waals surface area contributed by atoms with Gasteiger partial charge in [-0.1, -0.05) is 6.07 Å². The first-order chi connectivity index (χ1) is 9.26. The third kappa shape index (κ3) is 4.63. The lowest BCUT2D eigenvalue weighted by Gasteiger charge is -2.07. The van der Waals surface area contributed by atoms with Crippen LogP contribution in [0.3, 0.4) is 0 Å². The van der Waals surface area contributed by atoms with Crippen LogP contribution < -0.4 is 0 Å². The molecule has 1 N–H and O–H groups in total. The molecule has 0 aliphatic rings. The third-order valence-corrected chi connectivity index (χ3v) is 3.31. The van der Waals surface area contributed by atoms with Gasteiger partial charge < -0.3 is 9.47 Å². The largest absolute Gasteiger partial charge is 0.469 e. The highest BCUT2D eigenvalue weighted by Gasteiger charge is 2.15. The molecule has 0 aromatic heterocycles. The van der Waals surface area contributed by atoms with E-state index in [1.165, 1.54) is 20.3 Å². The molecular formula is C12H14O7S. The quantitative estimate of drug-likeness (QED) is 0.618. The SMILES string of the molecule is COC(=O)Cc1cc(CC(=O)OC)cc(S(=O)(=O)O)c1. The van der Waals surface area contributed by atoms with Crippen molar-refractivity contribution in [3.8, 4) is 0 Å². The summed E-state index contributed by atoms with van der Waals surface area (Å²) in [5, 5.41) is 0. The highest BCUT2D eigenvalue weighted by Crippen LogP contribution is 2.17. The molecule has 0 heterocycles. The summed E-state index contributed by atoms with van der Waals surface area (Å²) in [6.45, 7) is 0. The van der Waals surface area contributed by atoms with Crippen LogP contribution in [0.4, 0.5) is 0 Å². The molecule has 1 aromatic carbocycles. The van der Waals surface area contributed by atoms with Crippen molar-refractivity contribution in [1.82, 2.24) is 0 Å². The average molecular weight is 302 g/mol. The van der Waals surface area contributed by atoms with Crippen LogP contribution in [0, 0.1) is 0 Å². The summed E-state index contributed by atoms with van der Waals surface area (Å²) in [5.74, 6) is -1.14. The Morgan fingerprint density at radius 1 is 1.00 bits per heavy atom. The predicted molar refractivity (Wildman–Crippen MR) is 67.7 cm³/mol. The van der Waals surface area contributed by atoms with Crippen LogP contribution in [0.5, 0.6) is 0 Å². The van der Waals surface area contributed by atoms with E-state index < -0.39 is 27.0 Å². The summed E-state index contributed by atoms with van der Waals surface area (Å²) in [7, 11) is -2.04. The molecule has 8 heteroatoms. The van der Waals surface area contributed by atoms with E-state index in [2.05, 4.69) is 9.47 Å². The maximum Gasteiger partial charge on any atom is 0.309 e. The molecule has 0 unspecified atom stereocenters. The Morgan fingerprint density at radius 3 is 1.70 bits per heavy atom. The van der Waals surface area contributed by atoms with E-state index in [0.29, 0.717) is 11.1 Å². The minimum absolute atomic E-state index is 0.173. The number of carbonyl (C=O) groups is 2. The molecule has 0 aliphatic carbocycles. The molecule has 20 heavy (non-hydrogen) atoms.